The van der Waals surface area contributed by atoms with Crippen molar-refractivity contribution in [2.75, 3.05) is 20.3 Å². The molecule has 0 fully saturated rings. The van der Waals surface area contributed by atoms with Crippen molar-refractivity contribution in [2.45, 2.75) is 26.8 Å². The molecule has 1 unspecified atom stereocenters. The van der Waals surface area contributed by atoms with E-state index < -0.39 is 6.04 Å². The fourth-order valence-corrected chi connectivity index (χ4v) is 3.45. The smallest absolute Gasteiger partial charge is 0.281 e. The van der Waals surface area contributed by atoms with Crippen LogP contribution in [0, 0.1) is 13.8 Å². The average Bonchev–Trinajstić information content (AvgIpc) is 2.93. The van der Waals surface area contributed by atoms with E-state index in [1.807, 2.05) is 55.7 Å². The van der Waals surface area contributed by atoms with E-state index >= 15 is 0 Å². The number of amides is 1. The van der Waals surface area contributed by atoms with Crippen molar-refractivity contribution in [3.8, 4) is 5.69 Å². The number of ether oxygens (including phenoxy) is 1. The summed E-state index contributed by atoms with van der Waals surface area (Å²) in [4.78, 5) is 25.6. The molecule has 142 valence electrons. The summed E-state index contributed by atoms with van der Waals surface area (Å²) >= 11 is 0. The van der Waals surface area contributed by atoms with Crippen LogP contribution in [0.5, 0.6) is 0 Å². The minimum Gasteiger partial charge on any atom is -0.383 e. The van der Waals surface area contributed by atoms with E-state index in [1.54, 1.807) is 13.3 Å². The molecule has 2 aromatic heterocycles. The van der Waals surface area contributed by atoms with Crippen molar-refractivity contribution >= 4 is 16.7 Å². The molecule has 1 atom stereocenters. The van der Waals surface area contributed by atoms with Crippen molar-refractivity contribution in [1.29, 1.82) is 0 Å². The number of fused-ring (bicyclic) bond motifs is 1. The van der Waals surface area contributed by atoms with Gasteiger partial charge in [-0.3, -0.25) is 9.59 Å². The number of methoxy groups -OCH3 is 1. The number of aromatic nitrogens is 3. The lowest BCUT2D eigenvalue weighted by Gasteiger charge is -2.18. The molecule has 0 saturated carbocycles. The van der Waals surface area contributed by atoms with E-state index in [1.165, 1.54) is 4.68 Å². The van der Waals surface area contributed by atoms with Gasteiger partial charge < -0.3 is 14.6 Å². The second-order valence-corrected chi connectivity index (χ2v) is 6.49. The molecule has 1 aromatic carbocycles. The molecule has 1 amide bonds. The largest absolute Gasteiger partial charge is 0.383 e. The first kappa shape index (κ1) is 18.8. The Labute approximate surface area is 157 Å². The molecule has 0 aliphatic heterocycles. The van der Waals surface area contributed by atoms with Gasteiger partial charge in [-0.1, -0.05) is 18.2 Å². The van der Waals surface area contributed by atoms with Crippen LogP contribution in [0.1, 0.15) is 24.4 Å². The standard InChI is InChI=1S/C20H24N4O3/c1-13-17-12-22-24(16-8-6-5-7-9-16)20(26)18(17)14(2)23(13)15(3)19(25)21-10-11-27-4/h5-9,12,15H,10-11H2,1-4H3,(H,21,25). The zero-order valence-electron chi connectivity index (χ0n) is 16.0. The molecule has 0 radical (unpaired) electrons. The normalized spacial score (nSPS) is 12.3. The first-order chi connectivity index (χ1) is 13.0. The van der Waals surface area contributed by atoms with Gasteiger partial charge in [-0.05, 0) is 32.9 Å². The first-order valence-electron chi connectivity index (χ1n) is 8.88. The molecule has 7 nitrogen and oxygen atoms in total. The topological polar surface area (TPSA) is 78.2 Å². The van der Waals surface area contributed by atoms with Crippen LogP contribution in [0.25, 0.3) is 16.5 Å². The molecular formula is C20H24N4O3. The molecule has 3 aromatic rings. The van der Waals surface area contributed by atoms with Gasteiger partial charge in [-0.2, -0.15) is 9.78 Å². The summed E-state index contributed by atoms with van der Waals surface area (Å²) in [6, 6.07) is 8.85. The summed E-state index contributed by atoms with van der Waals surface area (Å²) in [5.41, 5.74) is 2.13. The van der Waals surface area contributed by atoms with Crippen LogP contribution in [0.2, 0.25) is 0 Å². The molecule has 0 aliphatic carbocycles. The number of nitrogens with one attached hydrogen (secondary N) is 1. The second-order valence-electron chi connectivity index (χ2n) is 6.49. The van der Waals surface area contributed by atoms with E-state index in [9.17, 15) is 9.59 Å². The molecule has 0 aliphatic rings. The number of carbonyl (C=O) groups excluding carboxylic acids is 1. The molecule has 7 heteroatoms. The Bertz CT molecular complexity index is 1020. The van der Waals surface area contributed by atoms with Gasteiger partial charge in [0.25, 0.3) is 5.56 Å². The van der Waals surface area contributed by atoms with Gasteiger partial charge >= 0.3 is 0 Å². The van der Waals surface area contributed by atoms with Gasteiger partial charge in [0.2, 0.25) is 5.91 Å². The van der Waals surface area contributed by atoms with Crippen LogP contribution in [-0.4, -0.2) is 40.5 Å². The van der Waals surface area contributed by atoms with E-state index in [0.717, 1.165) is 16.8 Å². The predicted molar refractivity (Wildman–Crippen MR) is 104 cm³/mol. The Morgan fingerprint density at radius 2 is 1.93 bits per heavy atom. The van der Waals surface area contributed by atoms with Crippen LogP contribution in [0.4, 0.5) is 0 Å². The highest BCUT2D eigenvalue weighted by Crippen LogP contribution is 2.26. The lowest BCUT2D eigenvalue weighted by Crippen LogP contribution is -2.34. The van der Waals surface area contributed by atoms with Crippen molar-refractivity contribution in [2.24, 2.45) is 0 Å². The lowest BCUT2D eigenvalue weighted by atomic mass is 10.2. The van der Waals surface area contributed by atoms with Crippen LogP contribution < -0.4 is 10.9 Å². The first-order valence-corrected chi connectivity index (χ1v) is 8.88. The summed E-state index contributed by atoms with van der Waals surface area (Å²) < 4.78 is 8.26. The second kappa shape index (κ2) is 7.75. The molecule has 0 spiro atoms. The monoisotopic (exact) mass is 368 g/mol. The summed E-state index contributed by atoms with van der Waals surface area (Å²) in [5.74, 6) is -0.116. The number of para-hydroxylation sites is 1. The zero-order chi connectivity index (χ0) is 19.6. The quantitative estimate of drug-likeness (QED) is 0.676. The highest BCUT2D eigenvalue weighted by Gasteiger charge is 2.23. The number of hydrogen-bond donors (Lipinski definition) is 1. The molecule has 0 saturated heterocycles. The van der Waals surface area contributed by atoms with Crippen LogP contribution in [0.15, 0.2) is 41.3 Å². The predicted octanol–water partition coefficient (Wildman–Crippen LogP) is 2.13. The Morgan fingerprint density at radius 3 is 2.59 bits per heavy atom. The Morgan fingerprint density at radius 1 is 1.22 bits per heavy atom. The average molecular weight is 368 g/mol. The van der Waals surface area contributed by atoms with Gasteiger partial charge in [-0.15, -0.1) is 0 Å². The Balaban J connectivity index is 2.07. The van der Waals surface area contributed by atoms with Crippen LogP contribution >= 0.6 is 0 Å². The third-order valence-electron chi connectivity index (χ3n) is 4.83. The highest BCUT2D eigenvalue weighted by atomic mass is 16.5. The van der Waals surface area contributed by atoms with E-state index in [-0.39, 0.29) is 11.5 Å². The summed E-state index contributed by atoms with van der Waals surface area (Å²) in [6.45, 7) is 6.49. The summed E-state index contributed by atoms with van der Waals surface area (Å²) in [7, 11) is 1.59. The number of benzene rings is 1. The van der Waals surface area contributed by atoms with Gasteiger partial charge in [0.15, 0.2) is 0 Å². The summed E-state index contributed by atoms with van der Waals surface area (Å²) in [5, 5.41) is 8.53. The highest BCUT2D eigenvalue weighted by molar-refractivity contribution is 5.89. The van der Waals surface area contributed by atoms with E-state index in [2.05, 4.69) is 10.4 Å². The van der Waals surface area contributed by atoms with Crippen molar-refractivity contribution in [3.05, 3.63) is 58.3 Å². The van der Waals surface area contributed by atoms with Crippen molar-refractivity contribution in [3.63, 3.8) is 0 Å². The molecule has 2 heterocycles. The molecule has 3 rings (SSSR count). The Kier molecular flexibility index (Phi) is 5.41. The third kappa shape index (κ3) is 3.38. The van der Waals surface area contributed by atoms with Crippen LogP contribution in [0.3, 0.4) is 0 Å². The van der Waals surface area contributed by atoms with E-state index in [4.69, 9.17) is 4.74 Å². The molecule has 27 heavy (non-hydrogen) atoms. The van der Waals surface area contributed by atoms with Gasteiger partial charge in [0.1, 0.15) is 6.04 Å². The minimum atomic E-state index is -0.446. The number of rotatable bonds is 6. The minimum absolute atomic E-state index is 0.116. The lowest BCUT2D eigenvalue weighted by molar-refractivity contribution is -0.124. The molecule has 0 bridgehead atoms. The maximum absolute atomic E-state index is 13.1. The van der Waals surface area contributed by atoms with Crippen molar-refractivity contribution in [1.82, 2.24) is 19.7 Å². The van der Waals surface area contributed by atoms with Crippen LogP contribution in [-0.2, 0) is 9.53 Å². The number of carbonyl (C=O) groups is 1. The van der Waals surface area contributed by atoms with Gasteiger partial charge in [-0.25, -0.2) is 0 Å². The van der Waals surface area contributed by atoms with E-state index in [0.29, 0.717) is 24.2 Å². The molecule has 1 N–H and O–H groups in total. The van der Waals surface area contributed by atoms with Crippen molar-refractivity contribution < 1.29 is 9.53 Å². The number of aryl methyl sites for hydroxylation is 2. The SMILES string of the molecule is COCCNC(=O)C(C)n1c(C)c2cnn(-c3ccccc3)c(=O)c2c1C. The van der Waals surface area contributed by atoms with Gasteiger partial charge in [0, 0.05) is 30.4 Å². The number of nitrogens with zero attached hydrogens (tertiary/aromatic N) is 3. The fraction of sp³-hybridized carbons (Fsp3) is 0.350. The maximum atomic E-state index is 13.1. The van der Waals surface area contributed by atoms with Gasteiger partial charge in [0.05, 0.1) is 23.9 Å². The molecular weight excluding hydrogens is 344 g/mol. The Hall–Kier alpha value is -2.93. The third-order valence-corrected chi connectivity index (χ3v) is 4.83. The zero-order valence-corrected chi connectivity index (χ0v) is 16.0. The summed E-state index contributed by atoms with van der Waals surface area (Å²) in [6.07, 6.45) is 1.69. The fourth-order valence-electron chi connectivity index (χ4n) is 3.45. The maximum Gasteiger partial charge on any atom is 0.281 e. The number of hydrogen-bond acceptors (Lipinski definition) is 4.